The Labute approximate surface area is 211 Å². The Balaban J connectivity index is 0.00000306. The molecule has 1 N–H and O–H groups in total. The smallest absolute Gasteiger partial charge is 0.756 e. The summed E-state index contributed by atoms with van der Waals surface area (Å²) >= 11 is 0. The van der Waals surface area contributed by atoms with E-state index in [1.54, 1.807) is 0 Å². The Morgan fingerprint density at radius 3 is 2.76 bits per heavy atom. The van der Waals surface area contributed by atoms with E-state index in [4.69, 9.17) is 18.5 Å². The average molecular weight is 491 g/mol. The summed E-state index contributed by atoms with van der Waals surface area (Å²) in [5, 5.41) is 2.70. The van der Waals surface area contributed by atoms with Gasteiger partial charge in [-0.1, -0.05) is 13.8 Å². The van der Waals surface area contributed by atoms with Crippen molar-refractivity contribution in [1.82, 2.24) is 19.5 Å². The van der Waals surface area contributed by atoms with Gasteiger partial charge in [0, 0.05) is 12.8 Å². The summed E-state index contributed by atoms with van der Waals surface area (Å²) in [5.74, 6) is -0.506. The van der Waals surface area contributed by atoms with Gasteiger partial charge in [-0.15, -0.1) is 0 Å². The van der Waals surface area contributed by atoms with Crippen molar-refractivity contribution in [2.24, 2.45) is 0 Å². The van der Waals surface area contributed by atoms with E-state index >= 15 is 0 Å². The Morgan fingerprint density at radius 2 is 2.03 bits per heavy atom. The van der Waals surface area contributed by atoms with E-state index in [0.29, 0.717) is 30.4 Å². The quantitative estimate of drug-likeness (QED) is 0.260. The Morgan fingerprint density at radius 1 is 1.27 bits per heavy atom. The van der Waals surface area contributed by atoms with Crippen LogP contribution in [0.4, 0.5) is 5.82 Å². The predicted octanol–water partition coefficient (Wildman–Crippen LogP) is -1.94. The van der Waals surface area contributed by atoms with Gasteiger partial charge in [-0.3, -0.25) is 18.7 Å². The molecule has 2 fully saturated rings. The van der Waals surface area contributed by atoms with Crippen LogP contribution in [0.25, 0.3) is 11.2 Å². The number of fused-ring (bicyclic) bond motifs is 2. The van der Waals surface area contributed by atoms with Crippen molar-refractivity contribution in [3.8, 4) is 0 Å². The van der Waals surface area contributed by atoms with Gasteiger partial charge in [0.1, 0.15) is 18.5 Å². The first-order valence-electron chi connectivity index (χ1n) is 10.3. The minimum absolute atomic E-state index is 0. The Kier molecular flexibility index (Phi) is 8.62. The molecule has 2 aromatic heterocycles. The van der Waals surface area contributed by atoms with E-state index in [2.05, 4.69) is 20.3 Å². The van der Waals surface area contributed by atoms with Crippen LogP contribution >= 0.6 is 7.82 Å². The number of phosphoric acid groups is 1. The number of phosphoric ester groups is 1. The van der Waals surface area contributed by atoms with Gasteiger partial charge in [0.15, 0.2) is 29.3 Å². The number of nitrogens with zero attached hydrogens (tertiary/aromatic N) is 4. The molecule has 1 amide bonds. The molecule has 2 aliphatic rings. The summed E-state index contributed by atoms with van der Waals surface area (Å²) in [6.07, 6.45) is 0.404. The van der Waals surface area contributed by atoms with Gasteiger partial charge < -0.3 is 28.7 Å². The zero-order valence-electron chi connectivity index (χ0n) is 18.5. The zero-order chi connectivity index (χ0) is 22.9. The SMILES string of the molecule is CCCC(=O)Nc1ncnc2c1ncn2C1O[C@@H]2COP(=O)([O-])O[C@H]2C1OC(=O)CCC.[Na+]. The van der Waals surface area contributed by atoms with Gasteiger partial charge in [-0.2, -0.15) is 0 Å². The number of amides is 1. The number of nitrogens with one attached hydrogen (secondary N) is 1. The van der Waals surface area contributed by atoms with E-state index in [9.17, 15) is 19.0 Å². The zero-order valence-corrected chi connectivity index (χ0v) is 21.4. The number of carbonyl (C=O) groups is 2. The van der Waals surface area contributed by atoms with Crippen molar-refractivity contribution in [3.05, 3.63) is 12.7 Å². The molecule has 5 atom stereocenters. The molecule has 4 heterocycles. The molecule has 2 aliphatic heterocycles. The Hall–Kier alpha value is -1.44. The molecule has 0 radical (unpaired) electrons. The van der Waals surface area contributed by atoms with E-state index in [-0.39, 0.29) is 54.3 Å². The van der Waals surface area contributed by atoms with Crippen LogP contribution in [0.2, 0.25) is 0 Å². The summed E-state index contributed by atoms with van der Waals surface area (Å²) in [6, 6.07) is 0. The molecule has 33 heavy (non-hydrogen) atoms. The molecule has 15 heteroatoms. The summed E-state index contributed by atoms with van der Waals surface area (Å²) in [4.78, 5) is 48.7. The first-order valence-corrected chi connectivity index (χ1v) is 11.7. The minimum Gasteiger partial charge on any atom is -0.756 e. The standard InChI is InChI=1S/C18H24N5O8P.Na/c1-3-5-11(24)22-16-13-17(20-8-19-16)23(9-21-13)18-15(30-12(25)6-4-2)14-10(29-18)7-28-32(26,27)31-14;/h8-10,14-15,18H,3-7H2,1-2H3,(H,26,27)(H,19,20,22,24);/q;+1/p-1/t10-,14-,15?,18?;/m1./s1. The third-order valence-electron chi connectivity index (χ3n) is 5.02. The summed E-state index contributed by atoms with van der Waals surface area (Å²) in [5.41, 5.74) is 0.610. The summed E-state index contributed by atoms with van der Waals surface area (Å²) in [6.45, 7) is 3.43. The van der Waals surface area contributed by atoms with Crippen molar-refractivity contribution >= 4 is 36.7 Å². The van der Waals surface area contributed by atoms with Crippen molar-refractivity contribution in [2.75, 3.05) is 11.9 Å². The van der Waals surface area contributed by atoms with Crippen molar-refractivity contribution in [1.29, 1.82) is 0 Å². The van der Waals surface area contributed by atoms with Crippen LogP contribution in [-0.4, -0.2) is 56.3 Å². The second-order valence-electron chi connectivity index (χ2n) is 7.43. The van der Waals surface area contributed by atoms with Crippen LogP contribution in [0.1, 0.15) is 45.8 Å². The number of imidazole rings is 1. The minimum atomic E-state index is -4.55. The molecule has 3 unspecified atom stereocenters. The van der Waals surface area contributed by atoms with Gasteiger partial charge >= 0.3 is 35.5 Å². The fourth-order valence-corrected chi connectivity index (χ4v) is 4.57. The number of carbonyl (C=O) groups excluding carboxylic acids is 2. The van der Waals surface area contributed by atoms with Crippen LogP contribution in [0, 0.1) is 0 Å². The molecule has 0 spiro atoms. The van der Waals surface area contributed by atoms with E-state index in [1.165, 1.54) is 17.2 Å². The molecular formula is C18H23N5NaO8P. The Bertz CT molecular complexity index is 1070. The molecule has 0 bridgehead atoms. The molecule has 4 rings (SSSR count). The van der Waals surface area contributed by atoms with Crippen LogP contribution in [0.3, 0.4) is 0 Å². The molecule has 174 valence electrons. The molecule has 13 nitrogen and oxygen atoms in total. The fraction of sp³-hybridized carbons (Fsp3) is 0.611. The molecule has 0 aromatic carbocycles. The van der Waals surface area contributed by atoms with Crippen molar-refractivity contribution in [2.45, 2.75) is 64.1 Å². The number of aromatic nitrogens is 4. The average Bonchev–Trinajstić information content (AvgIpc) is 3.30. The van der Waals surface area contributed by atoms with Gasteiger partial charge in [0.05, 0.1) is 12.9 Å². The maximum Gasteiger partial charge on any atom is 1.00 e. The van der Waals surface area contributed by atoms with Crippen LogP contribution in [0.5, 0.6) is 0 Å². The third-order valence-corrected chi connectivity index (χ3v) is 5.99. The number of rotatable bonds is 7. The number of hydrogen-bond acceptors (Lipinski definition) is 11. The number of ether oxygens (including phenoxy) is 2. The van der Waals surface area contributed by atoms with Gasteiger partial charge in [0.25, 0.3) is 7.82 Å². The molecule has 0 aliphatic carbocycles. The van der Waals surface area contributed by atoms with Gasteiger partial charge in [-0.25, -0.2) is 15.0 Å². The summed E-state index contributed by atoms with van der Waals surface area (Å²) < 4.78 is 34.7. The molecule has 2 saturated heterocycles. The molecular weight excluding hydrogens is 468 g/mol. The number of hydrogen-bond donors (Lipinski definition) is 1. The number of esters is 1. The van der Waals surface area contributed by atoms with Crippen LogP contribution in [0.15, 0.2) is 12.7 Å². The molecule has 0 saturated carbocycles. The maximum atomic E-state index is 12.2. The second-order valence-corrected chi connectivity index (χ2v) is 8.79. The molecule has 2 aromatic rings. The normalized spacial score (nSPS) is 28.7. The third kappa shape index (κ3) is 5.63. The van der Waals surface area contributed by atoms with Crippen LogP contribution < -0.4 is 39.8 Å². The largest absolute Gasteiger partial charge is 1.00 e. The van der Waals surface area contributed by atoms with E-state index < -0.39 is 38.3 Å². The number of anilines is 1. The van der Waals surface area contributed by atoms with Crippen molar-refractivity contribution in [3.63, 3.8) is 0 Å². The first-order chi connectivity index (χ1) is 15.3. The van der Waals surface area contributed by atoms with Gasteiger partial charge in [-0.05, 0) is 12.8 Å². The second kappa shape index (κ2) is 10.9. The van der Waals surface area contributed by atoms with E-state index in [0.717, 1.165) is 0 Å². The first kappa shape index (κ1) is 26.2. The monoisotopic (exact) mass is 491 g/mol. The topological polar surface area (TPSA) is 167 Å². The van der Waals surface area contributed by atoms with E-state index in [1.807, 2.05) is 13.8 Å². The van der Waals surface area contributed by atoms with Gasteiger partial charge in [0.2, 0.25) is 5.91 Å². The fourth-order valence-electron chi connectivity index (χ4n) is 3.63. The maximum absolute atomic E-state index is 12.2. The summed E-state index contributed by atoms with van der Waals surface area (Å²) in [7, 11) is -4.55. The predicted molar refractivity (Wildman–Crippen MR) is 106 cm³/mol. The van der Waals surface area contributed by atoms with Crippen molar-refractivity contribution < 1.29 is 67.1 Å². The van der Waals surface area contributed by atoms with Crippen LogP contribution in [-0.2, 0) is 32.7 Å².